The molecule has 0 radical (unpaired) electrons. The normalized spacial score (nSPS) is 11.5. The molecule has 1 atom stereocenters. The van der Waals surface area contributed by atoms with E-state index in [2.05, 4.69) is 0 Å². The molecule has 0 saturated carbocycles. The van der Waals surface area contributed by atoms with Gasteiger partial charge in [-0.3, -0.25) is 9.59 Å². The smallest absolute Gasteiger partial charge is 0.326 e. The Morgan fingerprint density at radius 1 is 0.929 bits per heavy atom. The lowest BCUT2D eigenvalue weighted by Gasteiger charge is -2.28. The quantitative estimate of drug-likeness (QED) is 0.721. The van der Waals surface area contributed by atoms with Gasteiger partial charge in [0.2, 0.25) is 11.8 Å². The molecule has 2 rings (SSSR count). The molecule has 0 heterocycles. The van der Waals surface area contributed by atoms with Crippen LogP contribution in [0.15, 0.2) is 60.7 Å². The second kappa shape index (κ2) is 10.3. The average molecular weight is 382 g/mol. The van der Waals surface area contributed by atoms with Crippen molar-refractivity contribution >= 4 is 17.8 Å². The van der Waals surface area contributed by atoms with Crippen molar-refractivity contribution in [3.8, 4) is 0 Å². The Balaban J connectivity index is 2.01. The van der Waals surface area contributed by atoms with Crippen LogP contribution in [0.4, 0.5) is 0 Å². The first-order valence-corrected chi connectivity index (χ1v) is 9.20. The molecule has 1 N–H and O–H groups in total. The van der Waals surface area contributed by atoms with Crippen LogP contribution in [0.2, 0.25) is 0 Å². The number of aliphatic carboxylic acids is 1. The topological polar surface area (TPSA) is 77.9 Å². The zero-order valence-corrected chi connectivity index (χ0v) is 16.2. The van der Waals surface area contributed by atoms with E-state index in [1.54, 1.807) is 0 Å². The van der Waals surface area contributed by atoms with Crippen LogP contribution in [0.3, 0.4) is 0 Å². The highest BCUT2D eigenvalue weighted by Gasteiger charge is 2.28. The number of likely N-dealkylation sites (N-methyl/N-ethyl adjacent to an activating group) is 1. The average Bonchev–Trinajstić information content (AvgIpc) is 2.69. The Kier molecular flexibility index (Phi) is 7.75. The van der Waals surface area contributed by atoms with Gasteiger partial charge in [-0.1, -0.05) is 60.7 Å². The number of benzene rings is 2. The third-order valence-corrected chi connectivity index (χ3v) is 4.70. The van der Waals surface area contributed by atoms with Crippen molar-refractivity contribution in [3.05, 3.63) is 71.8 Å². The minimum Gasteiger partial charge on any atom is -0.480 e. The summed E-state index contributed by atoms with van der Waals surface area (Å²) in [5.74, 6) is -1.68. The van der Waals surface area contributed by atoms with Gasteiger partial charge in [-0.2, -0.15) is 0 Å². The molecule has 2 aromatic carbocycles. The highest BCUT2D eigenvalue weighted by molar-refractivity contribution is 5.87. The van der Waals surface area contributed by atoms with Crippen molar-refractivity contribution in [1.82, 2.24) is 9.80 Å². The van der Waals surface area contributed by atoms with Crippen LogP contribution in [-0.4, -0.2) is 58.9 Å². The van der Waals surface area contributed by atoms with Gasteiger partial charge in [0.25, 0.3) is 0 Å². The van der Waals surface area contributed by atoms with Crippen molar-refractivity contribution in [1.29, 1.82) is 0 Å². The lowest BCUT2D eigenvalue weighted by molar-refractivity contribution is -0.150. The second-order valence-corrected chi connectivity index (χ2v) is 6.72. The number of carbonyl (C=O) groups excluding carboxylic acids is 2. The van der Waals surface area contributed by atoms with Crippen LogP contribution in [0.1, 0.15) is 18.1 Å². The Morgan fingerprint density at radius 3 is 1.96 bits per heavy atom. The molecule has 2 amide bonds. The van der Waals surface area contributed by atoms with E-state index in [1.807, 2.05) is 60.7 Å². The number of nitrogens with zero attached hydrogens (tertiary/aromatic N) is 2. The first-order chi connectivity index (χ1) is 13.4. The molecule has 0 aliphatic rings. The lowest BCUT2D eigenvalue weighted by Crippen LogP contribution is -2.48. The van der Waals surface area contributed by atoms with E-state index in [0.29, 0.717) is 13.0 Å². The summed E-state index contributed by atoms with van der Waals surface area (Å²) >= 11 is 0. The highest BCUT2D eigenvalue weighted by Crippen LogP contribution is 2.10. The van der Waals surface area contributed by atoms with Crippen LogP contribution in [-0.2, 0) is 27.2 Å². The monoisotopic (exact) mass is 382 g/mol. The van der Waals surface area contributed by atoms with Gasteiger partial charge in [0.15, 0.2) is 0 Å². The van der Waals surface area contributed by atoms with E-state index in [0.717, 1.165) is 11.1 Å². The fourth-order valence-electron chi connectivity index (χ4n) is 2.93. The van der Waals surface area contributed by atoms with Gasteiger partial charge in [-0.15, -0.1) is 0 Å². The Labute approximate surface area is 165 Å². The number of carboxylic acids is 1. The van der Waals surface area contributed by atoms with E-state index in [-0.39, 0.29) is 18.9 Å². The second-order valence-electron chi connectivity index (χ2n) is 6.72. The molecule has 0 bridgehead atoms. The van der Waals surface area contributed by atoms with Crippen LogP contribution < -0.4 is 0 Å². The van der Waals surface area contributed by atoms with Crippen LogP contribution >= 0.6 is 0 Å². The van der Waals surface area contributed by atoms with Crippen molar-refractivity contribution in [2.24, 2.45) is 0 Å². The minimum atomic E-state index is -1.07. The fourth-order valence-corrected chi connectivity index (χ4v) is 2.93. The molecule has 0 aromatic heterocycles. The molecule has 2 aromatic rings. The van der Waals surface area contributed by atoms with Gasteiger partial charge in [-0.05, 0) is 17.5 Å². The van der Waals surface area contributed by atoms with Crippen molar-refractivity contribution < 1.29 is 19.5 Å². The van der Waals surface area contributed by atoms with Gasteiger partial charge in [0, 0.05) is 26.9 Å². The maximum atomic E-state index is 12.7. The van der Waals surface area contributed by atoms with Crippen LogP contribution in [0.25, 0.3) is 0 Å². The maximum Gasteiger partial charge on any atom is 0.326 e. The number of rotatable bonds is 9. The minimum absolute atomic E-state index is 0.142. The number of carboxylic acid groups (broad SMARTS) is 1. The molecular weight excluding hydrogens is 356 g/mol. The van der Waals surface area contributed by atoms with Gasteiger partial charge in [-0.25, -0.2) is 4.79 Å². The SMILES string of the molecule is CC(=O)N(CCc1ccccc1)CC(=O)N(C)C(Cc1ccccc1)C(=O)O. The van der Waals surface area contributed by atoms with Gasteiger partial charge >= 0.3 is 5.97 Å². The number of hydrogen-bond donors (Lipinski definition) is 1. The highest BCUT2D eigenvalue weighted by atomic mass is 16.4. The third kappa shape index (κ3) is 6.23. The number of carbonyl (C=O) groups is 3. The summed E-state index contributed by atoms with van der Waals surface area (Å²) in [6.45, 7) is 1.67. The first-order valence-electron chi connectivity index (χ1n) is 9.20. The van der Waals surface area contributed by atoms with Crippen molar-refractivity contribution in [2.75, 3.05) is 20.1 Å². The zero-order chi connectivity index (χ0) is 20.5. The molecular formula is C22H26N2O4. The molecule has 6 heteroatoms. The summed E-state index contributed by atoms with van der Waals surface area (Å²) in [6.07, 6.45) is 0.840. The molecule has 148 valence electrons. The van der Waals surface area contributed by atoms with Gasteiger partial charge in [0.1, 0.15) is 6.04 Å². The van der Waals surface area contributed by atoms with Crippen molar-refractivity contribution in [3.63, 3.8) is 0 Å². The first kappa shape index (κ1) is 21.2. The Morgan fingerprint density at radius 2 is 1.46 bits per heavy atom. The summed E-state index contributed by atoms with van der Waals surface area (Å²) in [6, 6.07) is 17.9. The van der Waals surface area contributed by atoms with Gasteiger partial charge in [0.05, 0.1) is 6.54 Å². The van der Waals surface area contributed by atoms with E-state index in [4.69, 9.17) is 0 Å². The lowest BCUT2D eigenvalue weighted by atomic mass is 10.0. The Hall–Kier alpha value is -3.15. The molecule has 0 fully saturated rings. The van der Waals surface area contributed by atoms with Crippen LogP contribution in [0, 0.1) is 0 Å². The van der Waals surface area contributed by atoms with E-state index >= 15 is 0 Å². The molecule has 0 aliphatic carbocycles. The zero-order valence-electron chi connectivity index (χ0n) is 16.2. The standard InChI is InChI=1S/C22H26N2O4/c1-17(25)24(14-13-18-9-5-3-6-10-18)16-21(26)23(2)20(22(27)28)15-19-11-7-4-8-12-19/h3-12,20H,13-16H2,1-2H3,(H,27,28). The summed E-state index contributed by atoms with van der Waals surface area (Å²) in [4.78, 5) is 39.0. The van der Waals surface area contributed by atoms with E-state index in [1.165, 1.54) is 23.8 Å². The third-order valence-electron chi connectivity index (χ3n) is 4.70. The number of hydrogen-bond acceptors (Lipinski definition) is 3. The van der Waals surface area contributed by atoms with Crippen molar-refractivity contribution in [2.45, 2.75) is 25.8 Å². The van der Waals surface area contributed by atoms with E-state index < -0.39 is 17.9 Å². The predicted octanol–water partition coefficient (Wildman–Crippen LogP) is 2.23. The Bertz CT molecular complexity index is 793. The summed E-state index contributed by atoms with van der Waals surface area (Å²) in [5.41, 5.74) is 1.91. The fraction of sp³-hybridized carbons (Fsp3) is 0.318. The van der Waals surface area contributed by atoms with Gasteiger partial charge < -0.3 is 14.9 Å². The molecule has 28 heavy (non-hydrogen) atoms. The molecule has 6 nitrogen and oxygen atoms in total. The largest absolute Gasteiger partial charge is 0.480 e. The molecule has 0 spiro atoms. The molecule has 0 saturated heterocycles. The van der Waals surface area contributed by atoms with Crippen LogP contribution in [0.5, 0.6) is 0 Å². The molecule has 1 unspecified atom stereocenters. The maximum absolute atomic E-state index is 12.7. The van der Waals surface area contributed by atoms with E-state index in [9.17, 15) is 19.5 Å². The summed E-state index contributed by atoms with van der Waals surface area (Å²) in [7, 11) is 1.47. The number of amides is 2. The predicted molar refractivity (Wildman–Crippen MR) is 107 cm³/mol. The molecule has 0 aliphatic heterocycles. The summed E-state index contributed by atoms with van der Waals surface area (Å²) in [5, 5.41) is 9.57. The summed E-state index contributed by atoms with van der Waals surface area (Å²) < 4.78 is 0.